The Hall–Kier alpha value is -2.62. The molecule has 2 aliphatic rings. The lowest BCUT2D eigenvalue weighted by Crippen LogP contribution is -2.51. The van der Waals surface area contributed by atoms with E-state index in [1.165, 1.54) is 8.61 Å². The minimum Gasteiger partial charge on any atom is -0.454 e. The summed E-state index contributed by atoms with van der Waals surface area (Å²) in [5.41, 5.74) is 1.45. The third-order valence-electron chi connectivity index (χ3n) is 4.65. The van der Waals surface area contributed by atoms with Crippen molar-refractivity contribution in [2.45, 2.75) is 13.0 Å². The second-order valence-electron chi connectivity index (χ2n) is 6.63. The van der Waals surface area contributed by atoms with Crippen LogP contribution in [0.1, 0.15) is 12.0 Å². The van der Waals surface area contributed by atoms with Gasteiger partial charge in [0.1, 0.15) is 0 Å². The number of nitrogens with one attached hydrogen (secondary N) is 1. The van der Waals surface area contributed by atoms with Crippen LogP contribution in [-0.2, 0) is 21.5 Å². The van der Waals surface area contributed by atoms with Gasteiger partial charge in [-0.15, -0.1) is 0 Å². The van der Waals surface area contributed by atoms with Gasteiger partial charge in [-0.25, -0.2) is 0 Å². The zero-order chi connectivity index (χ0) is 19.6. The average molecular weight is 403 g/mol. The number of ether oxygens (including phenoxy) is 2. The van der Waals surface area contributed by atoms with Gasteiger partial charge in [0.2, 0.25) is 12.7 Å². The highest BCUT2D eigenvalue weighted by atomic mass is 32.2. The van der Waals surface area contributed by atoms with Crippen LogP contribution in [0.15, 0.2) is 48.5 Å². The second-order valence-corrected chi connectivity index (χ2v) is 8.56. The Kier molecular flexibility index (Phi) is 5.21. The molecule has 2 heterocycles. The van der Waals surface area contributed by atoms with Crippen LogP contribution >= 0.6 is 0 Å². The maximum absolute atomic E-state index is 12.9. The van der Waals surface area contributed by atoms with Crippen molar-refractivity contribution in [3.05, 3.63) is 54.1 Å². The quantitative estimate of drug-likeness (QED) is 0.823. The zero-order valence-electron chi connectivity index (χ0n) is 15.2. The van der Waals surface area contributed by atoms with Gasteiger partial charge in [0.15, 0.2) is 11.5 Å². The predicted molar refractivity (Wildman–Crippen MR) is 103 cm³/mol. The van der Waals surface area contributed by atoms with Crippen molar-refractivity contribution in [2.24, 2.45) is 0 Å². The lowest BCUT2D eigenvalue weighted by atomic mass is 10.2. The van der Waals surface area contributed by atoms with Crippen LogP contribution in [0, 0.1) is 0 Å². The molecule has 0 atom stereocenters. The molecule has 1 amide bonds. The first-order valence-electron chi connectivity index (χ1n) is 9.01. The summed E-state index contributed by atoms with van der Waals surface area (Å²) < 4.78 is 39.0. The topological polar surface area (TPSA) is 88.2 Å². The fraction of sp³-hybridized carbons (Fsp3) is 0.316. The van der Waals surface area contributed by atoms with E-state index < -0.39 is 16.1 Å². The molecule has 0 aromatic heterocycles. The third kappa shape index (κ3) is 3.96. The van der Waals surface area contributed by atoms with E-state index in [9.17, 15) is 13.2 Å². The Morgan fingerprint density at radius 1 is 1.00 bits per heavy atom. The molecule has 28 heavy (non-hydrogen) atoms. The Bertz CT molecular complexity index is 965. The van der Waals surface area contributed by atoms with Crippen molar-refractivity contribution in [2.75, 3.05) is 31.7 Å². The van der Waals surface area contributed by atoms with Crippen molar-refractivity contribution in [1.29, 1.82) is 0 Å². The summed E-state index contributed by atoms with van der Waals surface area (Å²) in [4.78, 5) is 12.4. The maximum atomic E-state index is 12.9. The molecule has 0 unspecified atom stereocenters. The normalized spacial score (nSPS) is 18.7. The van der Waals surface area contributed by atoms with Crippen LogP contribution in [0.2, 0.25) is 0 Å². The fourth-order valence-corrected chi connectivity index (χ4v) is 4.90. The SMILES string of the molecule is O=C(CN1CCCN(Cc2ccccc2)S1(=O)=O)Nc1ccc2c(c1)OCO2. The number of benzene rings is 2. The summed E-state index contributed by atoms with van der Waals surface area (Å²) in [5.74, 6) is 0.773. The molecule has 1 N–H and O–H groups in total. The number of nitrogens with zero attached hydrogens (tertiary/aromatic N) is 2. The Labute approximate surface area is 163 Å². The Morgan fingerprint density at radius 3 is 2.57 bits per heavy atom. The van der Waals surface area contributed by atoms with Gasteiger partial charge >= 0.3 is 0 Å². The molecule has 2 aliphatic heterocycles. The van der Waals surface area contributed by atoms with Crippen molar-refractivity contribution in [3.63, 3.8) is 0 Å². The van der Waals surface area contributed by atoms with E-state index in [-0.39, 0.29) is 13.3 Å². The fourth-order valence-electron chi connectivity index (χ4n) is 3.26. The Morgan fingerprint density at radius 2 is 1.75 bits per heavy atom. The number of hydrogen-bond acceptors (Lipinski definition) is 5. The highest BCUT2D eigenvalue weighted by Crippen LogP contribution is 2.34. The van der Waals surface area contributed by atoms with Gasteiger partial charge in [-0.1, -0.05) is 30.3 Å². The molecule has 0 radical (unpaired) electrons. The molecule has 1 fully saturated rings. The number of fused-ring (bicyclic) bond motifs is 1. The van der Waals surface area contributed by atoms with Crippen molar-refractivity contribution >= 4 is 21.8 Å². The zero-order valence-corrected chi connectivity index (χ0v) is 16.0. The molecule has 2 aromatic rings. The monoisotopic (exact) mass is 403 g/mol. The van der Waals surface area contributed by atoms with Crippen LogP contribution in [0.4, 0.5) is 5.69 Å². The van der Waals surface area contributed by atoms with E-state index in [4.69, 9.17) is 9.47 Å². The molecular weight excluding hydrogens is 382 g/mol. The van der Waals surface area contributed by atoms with Gasteiger partial charge < -0.3 is 14.8 Å². The number of hydrogen-bond donors (Lipinski definition) is 1. The van der Waals surface area contributed by atoms with Crippen molar-refractivity contribution in [1.82, 2.24) is 8.61 Å². The van der Waals surface area contributed by atoms with Gasteiger partial charge in [0.25, 0.3) is 10.2 Å². The first-order valence-corrected chi connectivity index (χ1v) is 10.4. The van der Waals surface area contributed by atoms with Gasteiger partial charge in [-0.05, 0) is 24.1 Å². The molecular formula is C19H21N3O5S. The number of carbonyl (C=O) groups is 1. The van der Waals surface area contributed by atoms with E-state index >= 15 is 0 Å². The standard InChI is InChI=1S/C19H21N3O5S/c23-19(20-16-7-8-17-18(11-16)27-14-26-17)13-22-10-4-9-21(28(22,24)25)12-15-5-2-1-3-6-15/h1-3,5-8,11H,4,9-10,12-14H2,(H,20,23). The van der Waals surface area contributed by atoms with E-state index in [1.807, 2.05) is 30.3 Å². The van der Waals surface area contributed by atoms with Crippen LogP contribution in [0.5, 0.6) is 11.5 Å². The molecule has 0 spiro atoms. The highest BCUT2D eigenvalue weighted by Gasteiger charge is 2.34. The van der Waals surface area contributed by atoms with Crippen molar-refractivity contribution < 1.29 is 22.7 Å². The molecule has 1 saturated heterocycles. The molecule has 8 nitrogen and oxygen atoms in total. The van der Waals surface area contributed by atoms with Crippen molar-refractivity contribution in [3.8, 4) is 11.5 Å². The molecule has 4 rings (SSSR count). The summed E-state index contributed by atoms with van der Waals surface area (Å²) in [6.45, 7) is 0.973. The number of amides is 1. The summed E-state index contributed by atoms with van der Waals surface area (Å²) in [5, 5.41) is 2.72. The van der Waals surface area contributed by atoms with Gasteiger partial charge in [0.05, 0.1) is 6.54 Å². The lowest BCUT2D eigenvalue weighted by Gasteiger charge is -2.34. The van der Waals surface area contributed by atoms with E-state index in [2.05, 4.69) is 5.32 Å². The van der Waals surface area contributed by atoms with E-state index in [0.29, 0.717) is 43.2 Å². The number of anilines is 1. The summed E-state index contributed by atoms with van der Waals surface area (Å²) in [6.07, 6.45) is 0.670. The average Bonchev–Trinajstić information content (AvgIpc) is 3.14. The molecule has 0 aliphatic carbocycles. The first-order chi connectivity index (χ1) is 13.5. The van der Waals surface area contributed by atoms with Crippen LogP contribution < -0.4 is 14.8 Å². The third-order valence-corrected chi connectivity index (χ3v) is 6.57. The van der Waals surface area contributed by atoms with Gasteiger partial charge in [-0.2, -0.15) is 17.0 Å². The molecule has 2 aromatic carbocycles. The maximum Gasteiger partial charge on any atom is 0.282 e. The summed E-state index contributed by atoms with van der Waals surface area (Å²) in [7, 11) is -3.70. The summed E-state index contributed by atoms with van der Waals surface area (Å²) in [6, 6.07) is 14.5. The smallest absolute Gasteiger partial charge is 0.282 e. The Balaban J connectivity index is 1.41. The van der Waals surface area contributed by atoms with Crippen LogP contribution in [-0.4, -0.2) is 49.4 Å². The second kappa shape index (κ2) is 7.78. The van der Waals surface area contributed by atoms with E-state index in [1.54, 1.807) is 18.2 Å². The molecule has 148 valence electrons. The minimum absolute atomic E-state index is 0.149. The predicted octanol–water partition coefficient (Wildman–Crippen LogP) is 1.81. The number of rotatable bonds is 5. The van der Waals surface area contributed by atoms with Gasteiger partial charge in [-0.3, -0.25) is 4.79 Å². The van der Waals surface area contributed by atoms with Crippen LogP contribution in [0.25, 0.3) is 0 Å². The lowest BCUT2D eigenvalue weighted by molar-refractivity contribution is -0.116. The number of carbonyl (C=O) groups excluding carboxylic acids is 1. The highest BCUT2D eigenvalue weighted by molar-refractivity contribution is 7.86. The molecule has 0 bridgehead atoms. The first kappa shape index (κ1) is 18.7. The minimum atomic E-state index is -3.70. The van der Waals surface area contributed by atoms with Crippen LogP contribution in [0.3, 0.4) is 0 Å². The summed E-state index contributed by atoms with van der Waals surface area (Å²) >= 11 is 0. The molecule has 9 heteroatoms. The molecule has 0 saturated carbocycles. The van der Waals surface area contributed by atoms with E-state index in [0.717, 1.165) is 5.56 Å². The van der Waals surface area contributed by atoms with Gasteiger partial charge in [0, 0.05) is 31.4 Å². The largest absolute Gasteiger partial charge is 0.454 e.